The van der Waals surface area contributed by atoms with Crippen molar-refractivity contribution in [3.8, 4) is 11.5 Å². The van der Waals surface area contributed by atoms with E-state index >= 15 is 0 Å². The molecule has 2 aliphatic carbocycles. The highest BCUT2D eigenvalue weighted by atomic mass is 16.5. The topological polar surface area (TPSA) is 86.1 Å². The second kappa shape index (κ2) is 7.18. The van der Waals surface area contributed by atoms with E-state index in [4.69, 9.17) is 4.74 Å². The number of hydrogen-bond donors (Lipinski definition) is 2. The Kier molecular flexibility index (Phi) is 4.38. The van der Waals surface area contributed by atoms with Crippen molar-refractivity contribution in [3.05, 3.63) is 53.3 Å². The number of ether oxygens (including phenoxy) is 1. The number of aromatic nitrogens is 1. The van der Waals surface area contributed by atoms with Gasteiger partial charge in [-0.2, -0.15) is 0 Å². The van der Waals surface area contributed by atoms with E-state index in [9.17, 15) is 15.0 Å². The number of likely N-dealkylation sites (tertiary alicyclic amines) is 2. The van der Waals surface area contributed by atoms with Gasteiger partial charge in [-0.1, -0.05) is 12.1 Å². The lowest BCUT2D eigenvalue weighted by Crippen LogP contribution is -2.74. The molecule has 34 heavy (non-hydrogen) atoms. The van der Waals surface area contributed by atoms with E-state index in [1.165, 1.54) is 18.4 Å². The minimum atomic E-state index is -1.00. The zero-order chi connectivity index (χ0) is 23.1. The van der Waals surface area contributed by atoms with Crippen LogP contribution in [-0.4, -0.2) is 74.8 Å². The summed E-state index contributed by atoms with van der Waals surface area (Å²) in [5.74, 6) is 1.40. The van der Waals surface area contributed by atoms with Crippen molar-refractivity contribution in [2.75, 3.05) is 26.2 Å². The zero-order valence-corrected chi connectivity index (χ0v) is 19.3. The van der Waals surface area contributed by atoms with Crippen LogP contribution in [0.5, 0.6) is 11.5 Å². The number of amides is 1. The SMILES string of the molecule is O=C(Cc1ccccn1)N1CC[C@@]2(O)[C@H]3Cc4ccc(O)c5c4[C@@]2(CCN3CC2CC2)[C@H](C1)O5. The predicted molar refractivity (Wildman–Crippen MR) is 125 cm³/mol. The molecule has 2 N–H and O–H groups in total. The summed E-state index contributed by atoms with van der Waals surface area (Å²) in [5.41, 5.74) is 1.33. The van der Waals surface area contributed by atoms with Crippen LogP contribution in [0, 0.1) is 5.92 Å². The number of benzene rings is 1. The molecular weight excluding hydrogens is 430 g/mol. The fourth-order valence-electron chi connectivity index (χ4n) is 7.40. The summed E-state index contributed by atoms with van der Waals surface area (Å²) in [6.07, 6.45) is 6.18. The summed E-state index contributed by atoms with van der Waals surface area (Å²) in [5, 5.41) is 23.3. The molecule has 4 atom stereocenters. The number of pyridine rings is 1. The molecule has 2 saturated heterocycles. The molecule has 1 amide bonds. The molecule has 1 aromatic carbocycles. The van der Waals surface area contributed by atoms with Gasteiger partial charge in [0.1, 0.15) is 6.10 Å². The van der Waals surface area contributed by atoms with Gasteiger partial charge in [0, 0.05) is 36.6 Å². The Morgan fingerprint density at radius 1 is 1.18 bits per heavy atom. The average Bonchev–Trinajstić information content (AvgIpc) is 3.60. The van der Waals surface area contributed by atoms with Gasteiger partial charge in [0.25, 0.3) is 0 Å². The van der Waals surface area contributed by atoms with E-state index in [1.807, 2.05) is 29.2 Å². The third-order valence-electron chi connectivity index (χ3n) is 9.20. The largest absolute Gasteiger partial charge is 0.504 e. The molecule has 3 aliphatic heterocycles. The van der Waals surface area contributed by atoms with Gasteiger partial charge in [0.2, 0.25) is 5.91 Å². The highest BCUT2D eigenvalue weighted by Crippen LogP contribution is 2.63. The van der Waals surface area contributed by atoms with Crippen LogP contribution in [0.2, 0.25) is 0 Å². The maximum absolute atomic E-state index is 13.4. The number of aliphatic hydroxyl groups is 1. The smallest absolute Gasteiger partial charge is 0.228 e. The molecule has 5 aliphatic rings. The van der Waals surface area contributed by atoms with E-state index in [2.05, 4.69) is 9.88 Å². The molecule has 1 saturated carbocycles. The molecule has 2 aromatic rings. The van der Waals surface area contributed by atoms with E-state index in [0.717, 1.165) is 43.1 Å². The molecule has 0 unspecified atom stereocenters. The van der Waals surface area contributed by atoms with Crippen LogP contribution in [-0.2, 0) is 23.1 Å². The second-order valence-electron chi connectivity index (χ2n) is 10.9. The number of piperidine rings is 1. The maximum Gasteiger partial charge on any atom is 0.228 e. The van der Waals surface area contributed by atoms with Crippen LogP contribution in [0.15, 0.2) is 36.5 Å². The molecule has 1 spiro atoms. The molecule has 7 nitrogen and oxygen atoms in total. The summed E-state index contributed by atoms with van der Waals surface area (Å²) in [4.78, 5) is 22.1. The highest BCUT2D eigenvalue weighted by Gasteiger charge is 2.71. The lowest BCUT2D eigenvalue weighted by Gasteiger charge is -2.60. The van der Waals surface area contributed by atoms with Crippen LogP contribution in [0.3, 0.4) is 0 Å². The number of aromatic hydroxyl groups is 1. The van der Waals surface area contributed by atoms with Crippen molar-refractivity contribution < 1.29 is 19.7 Å². The van der Waals surface area contributed by atoms with Gasteiger partial charge in [-0.3, -0.25) is 14.7 Å². The van der Waals surface area contributed by atoms with Gasteiger partial charge in [-0.15, -0.1) is 0 Å². The zero-order valence-electron chi connectivity index (χ0n) is 19.3. The molecule has 4 heterocycles. The first-order valence-electron chi connectivity index (χ1n) is 12.7. The summed E-state index contributed by atoms with van der Waals surface area (Å²) in [7, 11) is 0. The second-order valence-corrected chi connectivity index (χ2v) is 10.9. The number of carbonyl (C=O) groups is 1. The van der Waals surface area contributed by atoms with Crippen LogP contribution >= 0.6 is 0 Å². The minimum absolute atomic E-state index is 0.00165. The number of phenols is 1. The summed E-state index contributed by atoms with van der Waals surface area (Å²) in [6.45, 7) is 2.87. The predicted octanol–water partition coefficient (Wildman–Crippen LogP) is 2.03. The van der Waals surface area contributed by atoms with Crippen molar-refractivity contribution in [1.82, 2.24) is 14.8 Å². The Labute approximate surface area is 199 Å². The van der Waals surface area contributed by atoms with Crippen LogP contribution < -0.4 is 4.74 Å². The van der Waals surface area contributed by atoms with Crippen LogP contribution in [0.4, 0.5) is 0 Å². The van der Waals surface area contributed by atoms with E-state index < -0.39 is 11.0 Å². The van der Waals surface area contributed by atoms with Crippen molar-refractivity contribution in [3.63, 3.8) is 0 Å². The fourth-order valence-corrected chi connectivity index (χ4v) is 7.40. The molecule has 7 heteroatoms. The summed E-state index contributed by atoms with van der Waals surface area (Å²) >= 11 is 0. The molecule has 178 valence electrons. The molecule has 1 aromatic heterocycles. The van der Waals surface area contributed by atoms with Gasteiger partial charge in [-0.25, -0.2) is 0 Å². The van der Waals surface area contributed by atoms with Crippen LogP contribution in [0.1, 0.15) is 42.5 Å². The Balaban J connectivity index is 1.29. The molecule has 0 radical (unpaired) electrons. The first-order chi connectivity index (χ1) is 16.5. The van der Waals surface area contributed by atoms with Gasteiger partial charge in [-0.05, 0) is 68.3 Å². The van der Waals surface area contributed by atoms with Crippen molar-refractivity contribution in [2.24, 2.45) is 5.92 Å². The molecular formula is C27H31N3O4. The number of rotatable bonds is 4. The molecule has 7 rings (SSSR count). The van der Waals surface area contributed by atoms with E-state index in [-0.39, 0.29) is 30.2 Å². The normalized spacial score (nSPS) is 33.7. The quantitative estimate of drug-likeness (QED) is 0.725. The monoisotopic (exact) mass is 461 g/mol. The summed E-state index contributed by atoms with van der Waals surface area (Å²) in [6, 6.07) is 9.36. The van der Waals surface area contributed by atoms with Crippen molar-refractivity contribution in [2.45, 2.75) is 61.7 Å². The van der Waals surface area contributed by atoms with Gasteiger partial charge in [0.05, 0.1) is 24.0 Å². The van der Waals surface area contributed by atoms with E-state index in [0.29, 0.717) is 25.3 Å². The summed E-state index contributed by atoms with van der Waals surface area (Å²) < 4.78 is 6.48. The molecule has 2 bridgehead atoms. The lowest BCUT2D eigenvalue weighted by atomic mass is 9.52. The Morgan fingerprint density at radius 3 is 2.85 bits per heavy atom. The third kappa shape index (κ3) is 2.77. The van der Waals surface area contributed by atoms with Gasteiger partial charge < -0.3 is 19.8 Å². The number of carbonyl (C=O) groups excluding carboxylic acids is 1. The highest BCUT2D eigenvalue weighted by molar-refractivity contribution is 5.78. The minimum Gasteiger partial charge on any atom is -0.504 e. The van der Waals surface area contributed by atoms with E-state index in [1.54, 1.807) is 12.3 Å². The van der Waals surface area contributed by atoms with Crippen molar-refractivity contribution >= 4 is 5.91 Å². The third-order valence-corrected chi connectivity index (χ3v) is 9.20. The van der Waals surface area contributed by atoms with Gasteiger partial charge in [0.15, 0.2) is 11.5 Å². The van der Waals surface area contributed by atoms with Crippen molar-refractivity contribution in [1.29, 1.82) is 0 Å². The Bertz CT molecular complexity index is 1150. The molecule has 3 fully saturated rings. The number of hydrogen-bond acceptors (Lipinski definition) is 6. The number of nitrogens with zero attached hydrogens (tertiary/aromatic N) is 3. The number of phenolic OH excluding ortho intramolecular Hbond substituents is 1. The van der Waals surface area contributed by atoms with Gasteiger partial charge >= 0.3 is 0 Å². The fraction of sp³-hybridized carbons (Fsp3) is 0.556. The Hall–Kier alpha value is -2.64. The first kappa shape index (κ1) is 20.7. The average molecular weight is 462 g/mol. The first-order valence-corrected chi connectivity index (χ1v) is 12.7. The maximum atomic E-state index is 13.4. The van der Waals surface area contributed by atoms with Crippen LogP contribution in [0.25, 0.3) is 0 Å². The standard InChI is InChI=1S/C27H31N3O4/c31-20-7-6-18-13-21-27(33)9-12-30(23(32)14-19-3-1-2-10-28-19)16-22-26(27,24(18)25(20)34-22)8-11-29(21)15-17-4-5-17/h1-3,6-7,10,17,21-22,31,33H,4-5,8-9,11-16H2/t21-,22+,26-,27-/m1/s1. The lowest BCUT2D eigenvalue weighted by molar-refractivity contribution is -0.162. The Morgan fingerprint density at radius 2 is 2.06 bits per heavy atom.